The topological polar surface area (TPSA) is 67.4 Å². The van der Waals surface area contributed by atoms with Gasteiger partial charge < -0.3 is 0 Å². The highest BCUT2D eigenvalue weighted by Gasteiger charge is 2.20. The van der Waals surface area contributed by atoms with Crippen LogP contribution in [0.2, 0.25) is 0 Å². The second-order valence-electron chi connectivity index (χ2n) is 6.28. The molecule has 0 N–H and O–H groups in total. The van der Waals surface area contributed by atoms with Crippen LogP contribution >= 0.6 is 0 Å². The van der Waals surface area contributed by atoms with Gasteiger partial charge in [-0.05, 0) is 49.7 Å². The fourth-order valence-electron chi connectivity index (χ4n) is 3.24. The van der Waals surface area contributed by atoms with Crippen molar-refractivity contribution < 1.29 is 4.39 Å². The lowest BCUT2D eigenvalue weighted by Gasteiger charge is -2.12. The maximum Gasteiger partial charge on any atom is 0.159 e. The second kappa shape index (κ2) is 6.61. The number of hydrogen-bond donors (Lipinski definition) is 0. The fourth-order valence-corrected chi connectivity index (χ4v) is 3.24. The summed E-state index contributed by atoms with van der Waals surface area (Å²) in [6.07, 6.45) is 5.24. The van der Waals surface area contributed by atoms with Crippen molar-refractivity contribution >= 4 is 11.0 Å². The van der Waals surface area contributed by atoms with E-state index in [1.807, 2.05) is 19.9 Å². The van der Waals surface area contributed by atoms with Crippen molar-refractivity contribution in [2.75, 3.05) is 0 Å². The van der Waals surface area contributed by atoms with Gasteiger partial charge in [0.05, 0.1) is 17.5 Å². The van der Waals surface area contributed by atoms with Crippen LogP contribution in [0.1, 0.15) is 18.1 Å². The highest BCUT2D eigenvalue weighted by Crippen LogP contribution is 2.36. The summed E-state index contributed by atoms with van der Waals surface area (Å²) in [5.74, 6) is -0.333. The van der Waals surface area contributed by atoms with E-state index < -0.39 is 0 Å². The predicted octanol–water partition coefficient (Wildman–Crippen LogP) is 4.50. The number of fused-ring (bicyclic) bond motifs is 1. The first-order valence-corrected chi connectivity index (χ1v) is 8.60. The van der Waals surface area contributed by atoms with E-state index in [4.69, 9.17) is 4.98 Å². The minimum atomic E-state index is -0.333. The first kappa shape index (κ1) is 16.9. The van der Waals surface area contributed by atoms with Gasteiger partial charge in [-0.25, -0.2) is 14.1 Å². The molecule has 0 saturated heterocycles. The molecule has 3 aromatic heterocycles. The Labute approximate surface area is 155 Å². The molecule has 1 aromatic carbocycles. The van der Waals surface area contributed by atoms with E-state index in [1.165, 1.54) is 12.1 Å². The predicted molar refractivity (Wildman–Crippen MR) is 101 cm³/mol. The molecule has 0 radical (unpaired) electrons. The van der Waals surface area contributed by atoms with E-state index in [9.17, 15) is 9.65 Å². The molecule has 4 aromatic rings. The van der Waals surface area contributed by atoms with Gasteiger partial charge in [-0.2, -0.15) is 10.4 Å². The molecule has 4 rings (SSSR count). The molecule has 0 amide bonds. The van der Waals surface area contributed by atoms with E-state index in [0.717, 1.165) is 22.1 Å². The van der Waals surface area contributed by atoms with Gasteiger partial charge in [-0.3, -0.25) is 4.98 Å². The average Bonchev–Trinajstić information content (AvgIpc) is 3.09. The molecule has 0 fully saturated rings. The van der Waals surface area contributed by atoms with E-state index >= 15 is 0 Å². The molecule has 0 aliphatic carbocycles. The first-order chi connectivity index (χ1) is 13.1. The molecular formula is C21H16FN5. The Bertz CT molecular complexity index is 1190. The van der Waals surface area contributed by atoms with Gasteiger partial charge >= 0.3 is 0 Å². The average molecular weight is 357 g/mol. The molecule has 5 nitrogen and oxygen atoms in total. The smallest absolute Gasteiger partial charge is 0.159 e. The summed E-state index contributed by atoms with van der Waals surface area (Å²) in [4.78, 5) is 9.00. The monoisotopic (exact) mass is 357 g/mol. The fraction of sp³-hybridized carbons (Fsp3) is 0.143. The van der Waals surface area contributed by atoms with Gasteiger partial charge in [0.15, 0.2) is 5.65 Å². The zero-order valence-electron chi connectivity index (χ0n) is 14.9. The standard InChI is InChI=1S/C21H16FN5/c1-3-27-21-18(12-25-27)19(15-8-13(2)10-24-11-15)17(9-23)20(26-21)14-4-6-16(22)7-5-14/h4-8,10-12H,3H2,1-2H3. The van der Waals surface area contributed by atoms with Crippen molar-refractivity contribution in [1.29, 1.82) is 5.26 Å². The third-order valence-electron chi connectivity index (χ3n) is 4.48. The van der Waals surface area contributed by atoms with Crippen LogP contribution in [-0.4, -0.2) is 19.7 Å². The molecule has 0 aliphatic rings. The third-order valence-corrected chi connectivity index (χ3v) is 4.48. The number of benzene rings is 1. The minimum absolute atomic E-state index is 0.333. The number of hydrogen-bond acceptors (Lipinski definition) is 4. The number of nitrogens with zero attached hydrogens (tertiary/aromatic N) is 5. The molecule has 6 heteroatoms. The van der Waals surface area contributed by atoms with Crippen molar-refractivity contribution in [1.82, 2.24) is 19.7 Å². The van der Waals surface area contributed by atoms with Crippen molar-refractivity contribution in [2.24, 2.45) is 0 Å². The van der Waals surface area contributed by atoms with Gasteiger partial charge in [0.1, 0.15) is 11.9 Å². The normalized spacial score (nSPS) is 10.9. The summed E-state index contributed by atoms with van der Waals surface area (Å²) in [6.45, 7) is 4.59. The first-order valence-electron chi connectivity index (χ1n) is 8.60. The van der Waals surface area contributed by atoms with Crippen LogP contribution in [0.4, 0.5) is 4.39 Å². The molecular weight excluding hydrogens is 341 g/mol. The molecule has 0 unspecified atom stereocenters. The molecule has 132 valence electrons. The summed E-state index contributed by atoms with van der Waals surface area (Å²) in [6, 6.07) is 10.3. The summed E-state index contributed by atoms with van der Waals surface area (Å²) in [5.41, 5.74) is 4.88. The van der Waals surface area contributed by atoms with Gasteiger partial charge in [0, 0.05) is 41.0 Å². The van der Waals surface area contributed by atoms with E-state index in [2.05, 4.69) is 16.2 Å². The number of rotatable bonds is 3. The molecule has 27 heavy (non-hydrogen) atoms. The Hall–Kier alpha value is -3.59. The van der Waals surface area contributed by atoms with Crippen molar-refractivity contribution in [3.63, 3.8) is 0 Å². The lowest BCUT2D eigenvalue weighted by molar-refractivity contribution is 0.628. The van der Waals surface area contributed by atoms with Gasteiger partial charge in [0.25, 0.3) is 0 Å². The molecule has 0 saturated carbocycles. The summed E-state index contributed by atoms with van der Waals surface area (Å²) in [7, 11) is 0. The molecule has 3 heterocycles. The van der Waals surface area contributed by atoms with E-state index in [0.29, 0.717) is 29.0 Å². The van der Waals surface area contributed by atoms with Crippen LogP contribution in [0.25, 0.3) is 33.4 Å². The van der Waals surface area contributed by atoms with Gasteiger partial charge in [0.2, 0.25) is 0 Å². The number of nitriles is 1. The Kier molecular flexibility index (Phi) is 4.13. The highest BCUT2D eigenvalue weighted by molar-refractivity contribution is 5.99. The van der Waals surface area contributed by atoms with Crippen LogP contribution < -0.4 is 0 Å². The van der Waals surface area contributed by atoms with Crippen LogP contribution in [0.3, 0.4) is 0 Å². The Morgan fingerprint density at radius 2 is 1.89 bits per heavy atom. The second-order valence-corrected chi connectivity index (χ2v) is 6.28. The summed E-state index contributed by atoms with van der Waals surface area (Å²) >= 11 is 0. The Balaban J connectivity index is 2.13. The quantitative estimate of drug-likeness (QED) is 0.541. The molecule has 0 atom stereocenters. The lowest BCUT2D eigenvalue weighted by atomic mass is 9.94. The number of aryl methyl sites for hydroxylation is 2. The lowest BCUT2D eigenvalue weighted by Crippen LogP contribution is -2.01. The number of aromatic nitrogens is 4. The third kappa shape index (κ3) is 2.83. The number of pyridine rings is 2. The summed E-state index contributed by atoms with van der Waals surface area (Å²) in [5, 5.41) is 15.2. The van der Waals surface area contributed by atoms with Gasteiger partial charge in [-0.15, -0.1) is 0 Å². The minimum Gasteiger partial charge on any atom is -0.264 e. The van der Waals surface area contributed by atoms with Crippen molar-refractivity contribution in [3.05, 3.63) is 65.9 Å². The van der Waals surface area contributed by atoms with Crippen molar-refractivity contribution in [3.8, 4) is 28.5 Å². The SMILES string of the molecule is CCn1ncc2c(-c3cncc(C)c3)c(C#N)c(-c3ccc(F)cc3)nc21. The maximum absolute atomic E-state index is 13.4. The van der Waals surface area contributed by atoms with Crippen LogP contribution in [-0.2, 0) is 6.54 Å². The van der Waals surface area contributed by atoms with Crippen molar-refractivity contribution in [2.45, 2.75) is 20.4 Å². The highest BCUT2D eigenvalue weighted by atomic mass is 19.1. The summed E-state index contributed by atoms with van der Waals surface area (Å²) < 4.78 is 15.2. The van der Waals surface area contributed by atoms with Crippen LogP contribution in [0.15, 0.2) is 48.9 Å². The zero-order valence-corrected chi connectivity index (χ0v) is 14.9. The molecule has 0 spiro atoms. The van der Waals surface area contributed by atoms with E-state index in [-0.39, 0.29) is 5.82 Å². The zero-order chi connectivity index (χ0) is 19.0. The number of halogens is 1. The van der Waals surface area contributed by atoms with E-state index in [1.54, 1.807) is 35.4 Å². The van der Waals surface area contributed by atoms with Crippen LogP contribution in [0.5, 0.6) is 0 Å². The maximum atomic E-state index is 13.4. The van der Waals surface area contributed by atoms with Crippen LogP contribution in [0, 0.1) is 24.1 Å². The Morgan fingerprint density at radius 3 is 2.56 bits per heavy atom. The molecule has 0 bridgehead atoms. The largest absolute Gasteiger partial charge is 0.264 e. The van der Waals surface area contributed by atoms with Gasteiger partial charge in [-0.1, -0.05) is 0 Å². The Morgan fingerprint density at radius 1 is 1.11 bits per heavy atom. The molecule has 0 aliphatic heterocycles.